The van der Waals surface area contributed by atoms with Crippen molar-refractivity contribution in [2.75, 3.05) is 33.3 Å². The smallest absolute Gasteiger partial charge is 0.244 e. The maximum Gasteiger partial charge on any atom is 0.244 e. The average molecular weight is 330 g/mol. The summed E-state index contributed by atoms with van der Waals surface area (Å²) in [4.78, 5) is 14.6. The molecule has 4 nitrogen and oxygen atoms in total. The molecular formula is C20H30N2O2. The van der Waals surface area contributed by atoms with Gasteiger partial charge in [-0.3, -0.25) is 4.79 Å². The van der Waals surface area contributed by atoms with Crippen molar-refractivity contribution >= 4 is 12.0 Å². The van der Waals surface area contributed by atoms with Crippen molar-refractivity contribution in [3.05, 3.63) is 35.4 Å². The number of nitrogens with one attached hydrogen (secondary N) is 1. The van der Waals surface area contributed by atoms with Crippen molar-refractivity contribution in [2.24, 2.45) is 5.92 Å². The molecule has 0 aromatic heterocycles. The number of piperidine rings is 1. The first-order chi connectivity index (χ1) is 11.6. The minimum absolute atomic E-state index is 0.0518. The van der Waals surface area contributed by atoms with Crippen LogP contribution in [0.1, 0.15) is 37.3 Å². The highest BCUT2D eigenvalue weighted by atomic mass is 16.5. The summed E-state index contributed by atoms with van der Waals surface area (Å²) < 4.78 is 5.33. The van der Waals surface area contributed by atoms with Crippen LogP contribution in [0, 0.1) is 12.8 Å². The molecule has 1 fully saturated rings. The third-order valence-corrected chi connectivity index (χ3v) is 4.44. The molecule has 0 spiro atoms. The van der Waals surface area contributed by atoms with E-state index in [0.717, 1.165) is 23.4 Å². The van der Waals surface area contributed by atoms with Gasteiger partial charge in [-0.1, -0.05) is 25.0 Å². The van der Waals surface area contributed by atoms with Crippen LogP contribution in [0.5, 0.6) is 5.75 Å². The lowest BCUT2D eigenvalue weighted by atomic mass is 10.1. The lowest BCUT2D eigenvalue weighted by Gasteiger charge is -2.29. The molecule has 0 saturated carbocycles. The zero-order chi connectivity index (χ0) is 17.4. The Morgan fingerprint density at radius 2 is 2.08 bits per heavy atom. The number of likely N-dealkylation sites (tertiary alicyclic amines) is 1. The van der Waals surface area contributed by atoms with Crippen LogP contribution >= 0.6 is 0 Å². The van der Waals surface area contributed by atoms with Gasteiger partial charge >= 0.3 is 0 Å². The molecule has 1 aliphatic rings. The van der Waals surface area contributed by atoms with Gasteiger partial charge in [0.25, 0.3) is 0 Å². The summed E-state index contributed by atoms with van der Waals surface area (Å²) >= 11 is 0. The first kappa shape index (κ1) is 18.5. The van der Waals surface area contributed by atoms with Crippen LogP contribution in [0.4, 0.5) is 0 Å². The van der Waals surface area contributed by atoms with Crippen LogP contribution in [0.3, 0.4) is 0 Å². The lowest BCUT2D eigenvalue weighted by Crippen LogP contribution is -2.37. The molecule has 2 rings (SSSR count). The zero-order valence-corrected chi connectivity index (χ0v) is 15.2. The Bertz CT molecular complexity index is 563. The minimum atomic E-state index is -0.0518. The van der Waals surface area contributed by atoms with Gasteiger partial charge in [0.05, 0.1) is 7.11 Å². The summed E-state index contributed by atoms with van der Waals surface area (Å²) in [6, 6.07) is 5.94. The Kier molecular flexibility index (Phi) is 7.32. The third kappa shape index (κ3) is 6.00. The number of hydrogen-bond acceptors (Lipinski definition) is 3. The predicted octanol–water partition coefficient (Wildman–Crippen LogP) is 3.26. The molecule has 1 aromatic rings. The van der Waals surface area contributed by atoms with Crippen molar-refractivity contribution in [3.8, 4) is 5.75 Å². The van der Waals surface area contributed by atoms with Gasteiger partial charge in [-0.25, -0.2) is 0 Å². The molecule has 1 aromatic carbocycles. The molecule has 24 heavy (non-hydrogen) atoms. The topological polar surface area (TPSA) is 41.6 Å². The van der Waals surface area contributed by atoms with E-state index in [9.17, 15) is 4.79 Å². The quantitative estimate of drug-likeness (QED) is 0.780. The predicted molar refractivity (Wildman–Crippen MR) is 99.2 cm³/mol. The van der Waals surface area contributed by atoms with Gasteiger partial charge in [-0.05, 0) is 57.0 Å². The summed E-state index contributed by atoms with van der Waals surface area (Å²) in [5.41, 5.74) is 2.07. The normalized spacial score (nSPS) is 17.0. The number of amides is 1. The number of aryl methyl sites for hydroxylation is 1. The third-order valence-electron chi connectivity index (χ3n) is 4.44. The summed E-state index contributed by atoms with van der Waals surface area (Å²) in [6.45, 7) is 8.40. The van der Waals surface area contributed by atoms with E-state index in [2.05, 4.69) is 17.1 Å². The second-order valence-corrected chi connectivity index (χ2v) is 6.79. The largest absolute Gasteiger partial charge is 0.496 e. The number of benzene rings is 1. The number of nitrogens with zero attached hydrogens (tertiary/aromatic N) is 1. The van der Waals surface area contributed by atoms with Gasteiger partial charge < -0.3 is 15.0 Å². The Morgan fingerprint density at radius 3 is 2.79 bits per heavy atom. The lowest BCUT2D eigenvalue weighted by molar-refractivity contribution is -0.116. The molecule has 132 valence electrons. The van der Waals surface area contributed by atoms with E-state index in [1.807, 2.05) is 31.2 Å². The van der Waals surface area contributed by atoms with E-state index in [1.165, 1.54) is 32.4 Å². The van der Waals surface area contributed by atoms with Gasteiger partial charge in [-0.2, -0.15) is 0 Å². The molecule has 4 heteroatoms. The van der Waals surface area contributed by atoms with Gasteiger partial charge in [0.15, 0.2) is 0 Å². The standard InChI is InChI=1S/C20H30N2O2/c1-16-7-9-19(24-3)18(13-16)8-10-20(23)21-14-17(2)15-22-11-5-4-6-12-22/h7-10,13,17H,4-6,11-12,14-15H2,1-3H3,(H,21,23). The minimum Gasteiger partial charge on any atom is -0.496 e. The highest BCUT2D eigenvalue weighted by molar-refractivity contribution is 5.92. The molecule has 1 heterocycles. The second-order valence-electron chi connectivity index (χ2n) is 6.79. The first-order valence-corrected chi connectivity index (χ1v) is 8.91. The molecule has 1 aliphatic heterocycles. The van der Waals surface area contributed by atoms with Crippen LogP contribution in [0.15, 0.2) is 24.3 Å². The van der Waals surface area contributed by atoms with E-state index in [0.29, 0.717) is 12.5 Å². The highest BCUT2D eigenvalue weighted by Crippen LogP contribution is 2.20. The summed E-state index contributed by atoms with van der Waals surface area (Å²) in [5, 5.41) is 3.00. The molecule has 1 amide bonds. The van der Waals surface area contributed by atoms with E-state index >= 15 is 0 Å². The molecule has 1 saturated heterocycles. The summed E-state index contributed by atoms with van der Waals surface area (Å²) in [7, 11) is 1.64. The van der Waals surface area contributed by atoms with Crippen molar-refractivity contribution in [1.82, 2.24) is 10.2 Å². The van der Waals surface area contributed by atoms with Gasteiger partial charge in [0.1, 0.15) is 5.75 Å². The van der Waals surface area contributed by atoms with E-state index < -0.39 is 0 Å². The van der Waals surface area contributed by atoms with Crippen LogP contribution in [-0.4, -0.2) is 44.1 Å². The number of hydrogen-bond donors (Lipinski definition) is 1. The Morgan fingerprint density at radius 1 is 1.33 bits per heavy atom. The van der Waals surface area contributed by atoms with Gasteiger partial charge in [0, 0.05) is 24.7 Å². The second kappa shape index (κ2) is 9.48. The van der Waals surface area contributed by atoms with Crippen molar-refractivity contribution in [2.45, 2.75) is 33.1 Å². The number of rotatable bonds is 7. The molecule has 0 radical (unpaired) electrons. The van der Waals surface area contributed by atoms with E-state index in [1.54, 1.807) is 13.2 Å². The van der Waals surface area contributed by atoms with E-state index in [4.69, 9.17) is 4.74 Å². The van der Waals surface area contributed by atoms with Crippen molar-refractivity contribution in [1.29, 1.82) is 0 Å². The number of carbonyl (C=O) groups is 1. The summed E-state index contributed by atoms with van der Waals surface area (Å²) in [6.07, 6.45) is 7.37. The van der Waals surface area contributed by atoms with Crippen LogP contribution in [0.2, 0.25) is 0 Å². The van der Waals surface area contributed by atoms with Crippen LogP contribution < -0.4 is 10.1 Å². The SMILES string of the molecule is COc1ccc(C)cc1C=CC(=O)NCC(C)CN1CCCCC1. The zero-order valence-electron chi connectivity index (χ0n) is 15.2. The Balaban J connectivity index is 1.79. The van der Waals surface area contributed by atoms with Crippen molar-refractivity contribution < 1.29 is 9.53 Å². The number of ether oxygens (including phenoxy) is 1. The Hall–Kier alpha value is -1.81. The van der Waals surface area contributed by atoms with Crippen molar-refractivity contribution in [3.63, 3.8) is 0 Å². The molecule has 1 atom stereocenters. The molecule has 0 aliphatic carbocycles. The molecule has 1 N–H and O–H groups in total. The fourth-order valence-electron chi connectivity index (χ4n) is 3.13. The maximum atomic E-state index is 12.0. The Labute approximate surface area is 145 Å². The fourth-order valence-corrected chi connectivity index (χ4v) is 3.13. The van der Waals surface area contributed by atoms with Crippen LogP contribution in [0.25, 0.3) is 6.08 Å². The van der Waals surface area contributed by atoms with Gasteiger partial charge in [0.2, 0.25) is 5.91 Å². The van der Waals surface area contributed by atoms with E-state index in [-0.39, 0.29) is 5.91 Å². The average Bonchev–Trinajstić information content (AvgIpc) is 2.59. The molecule has 1 unspecified atom stereocenters. The number of carbonyl (C=O) groups excluding carboxylic acids is 1. The summed E-state index contributed by atoms with van der Waals surface area (Å²) in [5.74, 6) is 1.20. The monoisotopic (exact) mass is 330 g/mol. The molecular weight excluding hydrogens is 300 g/mol. The first-order valence-electron chi connectivity index (χ1n) is 8.91. The highest BCUT2D eigenvalue weighted by Gasteiger charge is 2.13. The van der Waals surface area contributed by atoms with Gasteiger partial charge in [-0.15, -0.1) is 0 Å². The number of methoxy groups -OCH3 is 1. The fraction of sp³-hybridized carbons (Fsp3) is 0.550. The van der Waals surface area contributed by atoms with Crippen LogP contribution in [-0.2, 0) is 4.79 Å². The maximum absolute atomic E-state index is 12.0. The molecule has 0 bridgehead atoms.